The predicted octanol–water partition coefficient (Wildman–Crippen LogP) is -0.541. The number of carbonyl (C=O) groups is 1. The van der Waals surface area contributed by atoms with Crippen molar-refractivity contribution in [3.05, 3.63) is 33.1 Å². The van der Waals surface area contributed by atoms with Crippen LogP contribution in [0.5, 0.6) is 0 Å². The van der Waals surface area contributed by atoms with Crippen molar-refractivity contribution in [1.29, 1.82) is 0 Å². The van der Waals surface area contributed by atoms with Crippen LogP contribution in [-0.2, 0) is 16.1 Å². The molecule has 1 atom stereocenters. The predicted molar refractivity (Wildman–Crippen MR) is 85.7 cm³/mol. The lowest BCUT2D eigenvalue weighted by Crippen LogP contribution is -2.56. The highest BCUT2D eigenvalue weighted by molar-refractivity contribution is 5.76. The summed E-state index contributed by atoms with van der Waals surface area (Å²) < 4.78 is 7.15. The highest BCUT2D eigenvalue weighted by Gasteiger charge is 2.44. The number of aliphatic hydroxyl groups is 1. The van der Waals surface area contributed by atoms with Crippen molar-refractivity contribution in [2.45, 2.75) is 50.4 Å². The molecule has 2 N–H and O–H groups in total. The molecule has 0 unspecified atom stereocenters. The Labute approximate surface area is 139 Å². The number of hydrogen-bond acceptors (Lipinski definition) is 5. The summed E-state index contributed by atoms with van der Waals surface area (Å²) in [7, 11) is 0. The Hall–Kier alpha value is -1.93. The highest BCUT2D eigenvalue weighted by Crippen LogP contribution is 2.35. The summed E-state index contributed by atoms with van der Waals surface area (Å²) in [4.78, 5) is 38.9. The Morgan fingerprint density at radius 3 is 2.79 bits per heavy atom. The number of aromatic nitrogens is 2. The standard InChI is InChI=1S/C16H23N3O5/c20-12-2-1-11-24-16(12)5-9-18(10-6-16)14(22)4-8-19-7-3-13(21)17-15(19)23/h3,7,12,20H,1-2,4-6,8-11H2,(H,17,21,23)/t12-/m1/s1. The van der Waals surface area contributed by atoms with E-state index in [0.29, 0.717) is 32.5 Å². The second-order valence-electron chi connectivity index (χ2n) is 6.51. The number of nitrogens with one attached hydrogen (secondary N) is 1. The molecular formula is C16H23N3O5. The van der Waals surface area contributed by atoms with Gasteiger partial charge in [-0.25, -0.2) is 4.79 Å². The maximum Gasteiger partial charge on any atom is 0.328 e. The van der Waals surface area contributed by atoms with Crippen LogP contribution in [-0.4, -0.2) is 56.9 Å². The summed E-state index contributed by atoms with van der Waals surface area (Å²) in [5.41, 5.74) is -1.45. The first-order chi connectivity index (χ1) is 11.5. The molecule has 1 spiro atoms. The molecule has 1 aromatic rings. The molecule has 3 heterocycles. The minimum Gasteiger partial charge on any atom is -0.390 e. The van der Waals surface area contributed by atoms with Gasteiger partial charge in [0.15, 0.2) is 0 Å². The van der Waals surface area contributed by atoms with Crippen molar-refractivity contribution in [2.24, 2.45) is 0 Å². The van der Waals surface area contributed by atoms with E-state index >= 15 is 0 Å². The van der Waals surface area contributed by atoms with Gasteiger partial charge in [-0.1, -0.05) is 0 Å². The topological polar surface area (TPSA) is 105 Å². The highest BCUT2D eigenvalue weighted by atomic mass is 16.5. The summed E-state index contributed by atoms with van der Waals surface area (Å²) in [6.07, 6.45) is 4.04. The number of aliphatic hydroxyl groups excluding tert-OH is 1. The van der Waals surface area contributed by atoms with E-state index < -0.39 is 23.0 Å². The molecule has 132 valence electrons. The third-order valence-electron chi connectivity index (χ3n) is 5.04. The van der Waals surface area contributed by atoms with Crippen LogP contribution in [0, 0.1) is 0 Å². The van der Waals surface area contributed by atoms with E-state index in [2.05, 4.69) is 4.98 Å². The zero-order valence-corrected chi connectivity index (χ0v) is 13.6. The van der Waals surface area contributed by atoms with E-state index in [1.165, 1.54) is 16.8 Å². The number of amides is 1. The normalized spacial score (nSPS) is 23.4. The smallest absolute Gasteiger partial charge is 0.328 e. The van der Waals surface area contributed by atoms with Crippen molar-refractivity contribution in [3.63, 3.8) is 0 Å². The molecular weight excluding hydrogens is 314 g/mol. The van der Waals surface area contributed by atoms with Crippen molar-refractivity contribution in [3.8, 4) is 0 Å². The number of aryl methyl sites for hydroxylation is 1. The first-order valence-corrected chi connectivity index (χ1v) is 8.40. The van der Waals surface area contributed by atoms with Crippen LogP contribution in [0.25, 0.3) is 0 Å². The van der Waals surface area contributed by atoms with Crippen LogP contribution in [0.2, 0.25) is 0 Å². The maximum atomic E-state index is 12.3. The number of H-pyrrole nitrogens is 1. The summed E-state index contributed by atoms with van der Waals surface area (Å²) in [6, 6.07) is 1.26. The lowest BCUT2D eigenvalue weighted by Gasteiger charge is -2.46. The second-order valence-corrected chi connectivity index (χ2v) is 6.51. The SMILES string of the molecule is O=C(CCn1ccc(=O)[nH]c1=O)N1CCC2(CC1)OCCC[C@H]2O. The lowest BCUT2D eigenvalue weighted by molar-refractivity contribution is -0.179. The number of rotatable bonds is 3. The number of nitrogens with zero attached hydrogens (tertiary/aromatic N) is 2. The largest absolute Gasteiger partial charge is 0.390 e. The van der Waals surface area contributed by atoms with Crippen LogP contribution in [0.4, 0.5) is 0 Å². The van der Waals surface area contributed by atoms with Crippen LogP contribution < -0.4 is 11.2 Å². The summed E-state index contributed by atoms with van der Waals surface area (Å²) in [5, 5.41) is 10.2. The van der Waals surface area contributed by atoms with Gasteiger partial charge in [-0.15, -0.1) is 0 Å². The molecule has 0 aliphatic carbocycles. The van der Waals surface area contributed by atoms with Gasteiger partial charge in [-0.2, -0.15) is 0 Å². The molecule has 1 amide bonds. The fraction of sp³-hybridized carbons (Fsp3) is 0.688. The monoisotopic (exact) mass is 337 g/mol. The van der Waals surface area contributed by atoms with Crippen LogP contribution in [0.3, 0.4) is 0 Å². The van der Waals surface area contributed by atoms with Crippen LogP contribution >= 0.6 is 0 Å². The average Bonchev–Trinajstić information content (AvgIpc) is 2.57. The van der Waals surface area contributed by atoms with E-state index in [9.17, 15) is 19.5 Å². The first-order valence-electron chi connectivity index (χ1n) is 8.40. The van der Waals surface area contributed by atoms with E-state index in [0.717, 1.165) is 12.8 Å². The van der Waals surface area contributed by atoms with E-state index in [4.69, 9.17) is 4.74 Å². The molecule has 2 aliphatic heterocycles. The Kier molecular flexibility index (Phi) is 4.86. The Morgan fingerprint density at radius 1 is 1.38 bits per heavy atom. The van der Waals surface area contributed by atoms with Crippen molar-refractivity contribution < 1.29 is 14.6 Å². The van der Waals surface area contributed by atoms with Gasteiger partial charge in [0.1, 0.15) is 0 Å². The molecule has 0 radical (unpaired) electrons. The Bertz CT molecular complexity index is 702. The van der Waals surface area contributed by atoms with Gasteiger partial charge in [-0.3, -0.25) is 14.6 Å². The van der Waals surface area contributed by atoms with Gasteiger partial charge < -0.3 is 19.3 Å². The Morgan fingerprint density at radius 2 is 2.12 bits per heavy atom. The maximum absolute atomic E-state index is 12.3. The molecule has 8 nitrogen and oxygen atoms in total. The molecule has 2 fully saturated rings. The number of likely N-dealkylation sites (tertiary alicyclic amines) is 1. The van der Waals surface area contributed by atoms with E-state index in [1.54, 1.807) is 4.90 Å². The summed E-state index contributed by atoms with van der Waals surface area (Å²) in [6.45, 7) is 2.00. The van der Waals surface area contributed by atoms with Crippen molar-refractivity contribution in [1.82, 2.24) is 14.5 Å². The van der Waals surface area contributed by atoms with Gasteiger partial charge in [0.2, 0.25) is 5.91 Å². The third kappa shape index (κ3) is 3.44. The molecule has 2 saturated heterocycles. The summed E-state index contributed by atoms with van der Waals surface area (Å²) >= 11 is 0. The second kappa shape index (κ2) is 6.90. The number of piperidine rings is 1. The van der Waals surface area contributed by atoms with Gasteiger partial charge in [0.05, 0.1) is 11.7 Å². The molecule has 1 aromatic heterocycles. The third-order valence-corrected chi connectivity index (χ3v) is 5.04. The molecule has 0 saturated carbocycles. The molecule has 24 heavy (non-hydrogen) atoms. The zero-order chi connectivity index (χ0) is 17.2. The van der Waals surface area contributed by atoms with E-state index in [1.807, 2.05) is 0 Å². The minimum absolute atomic E-state index is 0.0340. The van der Waals surface area contributed by atoms with Gasteiger partial charge in [0.25, 0.3) is 5.56 Å². The molecule has 2 aliphatic rings. The average molecular weight is 337 g/mol. The van der Waals surface area contributed by atoms with Gasteiger partial charge in [0, 0.05) is 44.9 Å². The number of hydrogen-bond donors (Lipinski definition) is 2. The number of aromatic amines is 1. The fourth-order valence-electron chi connectivity index (χ4n) is 3.52. The number of carbonyl (C=O) groups excluding carboxylic acids is 1. The molecule has 3 rings (SSSR count). The molecule has 0 bridgehead atoms. The Balaban J connectivity index is 1.53. The van der Waals surface area contributed by atoms with Crippen molar-refractivity contribution in [2.75, 3.05) is 19.7 Å². The first kappa shape index (κ1) is 16.9. The lowest BCUT2D eigenvalue weighted by atomic mass is 9.82. The quantitative estimate of drug-likeness (QED) is 0.771. The fourth-order valence-corrected chi connectivity index (χ4v) is 3.52. The number of ether oxygens (including phenoxy) is 1. The summed E-state index contributed by atoms with van der Waals surface area (Å²) in [5.74, 6) is -0.0340. The van der Waals surface area contributed by atoms with Crippen molar-refractivity contribution >= 4 is 5.91 Å². The zero-order valence-electron chi connectivity index (χ0n) is 13.6. The molecule has 8 heteroatoms. The van der Waals surface area contributed by atoms with Crippen LogP contribution in [0.1, 0.15) is 32.1 Å². The van der Waals surface area contributed by atoms with E-state index in [-0.39, 0.29) is 18.9 Å². The molecule has 0 aromatic carbocycles. The minimum atomic E-state index is -0.508. The van der Waals surface area contributed by atoms with Gasteiger partial charge >= 0.3 is 5.69 Å². The van der Waals surface area contributed by atoms with Gasteiger partial charge in [-0.05, 0) is 25.7 Å². The van der Waals surface area contributed by atoms with Crippen LogP contribution in [0.15, 0.2) is 21.9 Å².